The minimum Gasteiger partial charge on any atom is -0.396 e. The zero-order chi connectivity index (χ0) is 23.7. The van der Waals surface area contributed by atoms with Crippen LogP contribution >= 0.6 is 0 Å². The van der Waals surface area contributed by atoms with Crippen LogP contribution in [-0.4, -0.2) is 44.8 Å². The highest BCUT2D eigenvalue weighted by Crippen LogP contribution is 2.60. The molecular weight excluding hydrogens is 400 g/mol. The van der Waals surface area contributed by atoms with Crippen LogP contribution in [0.5, 0.6) is 0 Å². The van der Waals surface area contributed by atoms with Crippen molar-refractivity contribution >= 4 is 0 Å². The van der Waals surface area contributed by atoms with E-state index in [-0.39, 0.29) is 6.61 Å². The summed E-state index contributed by atoms with van der Waals surface area (Å²) in [5.74, 6) is 1.46. The van der Waals surface area contributed by atoms with Crippen LogP contribution in [0.25, 0.3) is 0 Å². The van der Waals surface area contributed by atoms with Crippen LogP contribution in [-0.2, 0) is 0 Å². The molecule has 0 unspecified atom stereocenters. The normalized spacial score (nSPS) is 39.5. The molecule has 4 heteroatoms. The lowest BCUT2D eigenvalue weighted by molar-refractivity contribution is -0.0105. The van der Waals surface area contributed by atoms with Crippen LogP contribution in [0, 0.1) is 29.1 Å². The first-order valence-electron chi connectivity index (χ1n) is 12.8. The van der Waals surface area contributed by atoms with Crippen molar-refractivity contribution in [3.8, 4) is 0 Å². The van der Waals surface area contributed by atoms with Crippen molar-refractivity contribution in [2.75, 3.05) is 6.61 Å². The summed E-state index contributed by atoms with van der Waals surface area (Å²) >= 11 is 0. The summed E-state index contributed by atoms with van der Waals surface area (Å²) in [6.07, 6.45) is 12.4. The molecular formula is C28H46O4. The fourth-order valence-corrected chi connectivity index (χ4v) is 7.04. The van der Waals surface area contributed by atoms with Crippen LogP contribution in [0.3, 0.4) is 0 Å². The number of aliphatic hydroxyl groups excluding tert-OH is 3. The average Bonchev–Trinajstić information content (AvgIpc) is 3.06. The van der Waals surface area contributed by atoms with Gasteiger partial charge in [-0.1, -0.05) is 51.0 Å². The summed E-state index contributed by atoms with van der Waals surface area (Å²) in [5.41, 5.74) is 2.82. The lowest BCUT2D eigenvalue weighted by Gasteiger charge is -2.44. The van der Waals surface area contributed by atoms with Gasteiger partial charge < -0.3 is 20.4 Å². The maximum Gasteiger partial charge on any atom is 0.0862 e. The Bertz CT molecular complexity index is 730. The largest absolute Gasteiger partial charge is 0.396 e. The Kier molecular flexibility index (Phi) is 8.13. The minimum atomic E-state index is -0.884. The summed E-state index contributed by atoms with van der Waals surface area (Å²) in [6.45, 7) is 12.5. The third kappa shape index (κ3) is 5.41. The van der Waals surface area contributed by atoms with Crippen LogP contribution < -0.4 is 0 Å². The maximum absolute atomic E-state index is 10.4. The van der Waals surface area contributed by atoms with Gasteiger partial charge in [0.05, 0.1) is 24.4 Å². The van der Waals surface area contributed by atoms with E-state index >= 15 is 0 Å². The first-order chi connectivity index (χ1) is 15.0. The van der Waals surface area contributed by atoms with E-state index in [0.29, 0.717) is 29.2 Å². The molecule has 0 heterocycles. The van der Waals surface area contributed by atoms with Crippen LogP contribution in [0.1, 0.15) is 85.5 Å². The molecule has 182 valence electrons. The van der Waals surface area contributed by atoms with Gasteiger partial charge in [0.15, 0.2) is 0 Å². The number of hydrogen-bond acceptors (Lipinski definition) is 4. The Morgan fingerprint density at radius 1 is 1.22 bits per heavy atom. The van der Waals surface area contributed by atoms with E-state index in [4.69, 9.17) is 0 Å². The van der Waals surface area contributed by atoms with Gasteiger partial charge in [0.25, 0.3) is 0 Å². The number of hydrogen-bond donors (Lipinski definition) is 4. The Morgan fingerprint density at radius 2 is 1.94 bits per heavy atom. The first-order valence-corrected chi connectivity index (χ1v) is 12.8. The Labute approximate surface area is 195 Å². The zero-order valence-electron chi connectivity index (χ0n) is 20.7. The molecule has 4 nitrogen and oxygen atoms in total. The molecule has 0 amide bonds. The average molecular weight is 447 g/mol. The topological polar surface area (TPSA) is 80.9 Å². The molecule has 3 fully saturated rings. The number of allylic oxidation sites excluding steroid dienone is 3. The zero-order valence-corrected chi connectivity index (χ0v) is 20.7. The highest BCUT2D eigenvalue weighted by molar-refractivity contribution is 5.39. The standard InChI is InChI=1S/C28H46O4/c1-18(8-6-14-27(3,4)32)23-12-13-24-20(9-7-15-28(23,24)5)10-11-21-16-25(30)22(17-29)26(31)19(21)2/h10-11,18,22-26,29-32H,2,6-9,12-17H2,1,3-5H3/b20-10+,21-11-/t18-,22+,23-,24+,25-,26-,28-/m1/s1. The third-order valence-corrected chi connectivity index (χ3v) is 8.98. The minimum absolute atomic E-state index is 0.231. The van der Waals surface area contributed by atoms with E-state index in [9.17, 15) is 20.4 Å². The van der Waals surface area contributed by atoms with Crippen molar-refractivity contribution in [2.24, 2.45) is 29.1 Å². The fourth-order valence-electron chi connectivity index (χ4n) is 7.04. The molecule has 0 saturated heterocycles. The smallest absolute Gasteiger partial charge is 0.0862 e. The molecule has 7 atom stereocenters. The van der Waals surface area contributed by atoms with Crippen molar-refractivity contribution in [2.45, 2.75) is 103 Å². The van der Waals surface area contributed by atoms with E-state index in [1.807, 2.05) is 13.8 Å². The van der Waals surface area contributed by atoms with Crippen LogP contribution in [0.2, 0.25) is 0 Å². The molecule has 3 aliphatic carbocycles. The summed E-state index contributed by atoms with van der Waals surface area (Å²) in [4.78, 5) is 0. The van der Waals surface area contributed by atoms with Crippen LogP contribution in [0.15, 0.2) is 35.5 Å². The van der Waals surface area contributed by atoms with E-state index in [1.54, 1.807) is 0 Å². The summed E-state index contributed by atoms with van der Waals surface area (Å²) in [6, 6.07) is 0. The lowest BCUT2D eigenvalue weighted by Crippen LogP contribution is -2.40. The fraction of sp³-hybridized carbons (Fsp3) is 0.786. The van der Waals surface area contributed by atoms with Crippen molar-refractivity contribution in [3.05, 3.63) is 35.5 Å². The number of aliphatic hydroxyl groups is 4. The third-order valence-electron chi connectivity index (χ3n) is 8.98. The first kappa shape index (κ1) is 25.7. The predicted octanol–water partition coefficient (Wildman–Crippen LogP) is 4.92. The molecule has 3 rings (SSSR count). The molecule has 0 aliphatic heterocycles. The molecule has 0 aromatic carbocycles. The van der Waals surface area contributed by atoms with Crippen molar-refractivity contribution in [1.82, 2.24) is 0 Å². The maximum atomic E-state index is 10.4. The van der Waals surface area contributed by atoms with Crippen molar-refractivity contribution in [3.63, 3.8) is 0 Å². The molecule has 3 saturated carbocycles. The van der Waals surface area contributed by atoms with Gasteiger partial charge in [-0.05, 0) is 93.1 Å². The number of rotatable bonds is 7. The Morgan fingerprint density at radius 3 is 2.59 bits per heavy atom. The molecule has 32 heavy (non-hydrogen) atoms. The predicted molar refractivity (Wildman–Crippen MR) is 130 cm³/mol. The lowest BCUT2D eigenvalue weighted by atomic mass is 9.60. The SMILES string of the molecule is C=C1/C(=C\C=C2/CCC[C@]3(C)[C@@H]([C@H](C)CCCC(C)(C)O)CC[C@@H]23)C[C@@H](O)[C@H](CO)[C@@H]1O. The van der Waals surface area contributed by atoms with E-state index < -0.39 is 23.7 Å². The van der Waals surface area contributed by atoms with Crippen LogP contribution in [0.4, 0.5) is 0 Å². The quantitative estimate of drug-likeness (QED) is 0.447. The molecule has 0 bridgehead atoms. The molecule has 3 aliphatic rings. The van der Waals surface area contributed by atoms with Gasteiger partial charge in [-0.25, -0.2) is 0 Å². The summed E-state index contributed by atoms with van der Waals surface area (Å²) in [5, 5.41) is 40.3. The van der Waals surface area contributed by atoms with Crippen molar-refractivity contribution < 1.29 is 20.4 Å². The summed E-state index contributed by atoms with van der Waals surface area (Å²) in [7, 11) is 0. The van der Waals surface area contributed by atoms with Gasteiger partial charge >= 0.3 is 0 Å². The van der Waals surface area contributed by atoms with E-state index in [0.717, 1.165) is 30.8 Å². The second-order valence-corrected chi connectivity index (χ2v) is 11.8. The Balaban J connectivity index is 1.71. The number of fused-ring (bicyclic) bond motifs is 1. The van der Waals surface area contributed by atoms with Gasteiger partial charge in [-0.3, -0.25) is 0 Å². The highest BCUT2D eigenvalue weighted by atomic mass is 16.3. The van der Waals surface area contributed by atoms with E-state index in [1.165, 1.54) is 37.7 Å². The monoisotopic (exact) mass is 446 g/mol. The summed E-state index contributed by atoms with van der Waals surface area (Å²) < 4.78 is 0. The van der Waals surface area contributed by atoms with Crippen molar-refractivity contribution in [1.29, 1.82) is 0 Å². The van der Waals surface area contributed by atoms with Gasteiger partial charge in [0.1, 0.15) is 0 Å². The van der Waals surface area contributed by atoms with Gasteiger partial charge in [-0.2, -0.15) is 0 Å². The second kappa shape index (κ2) is 10.1. The van der Waals surface area contributed by atoms with Gasteiger partial charge in [-0.15, -0.1) is 0 Å². The molecule has 0 radical (unpaired) electrons. The molecule has 4 N–H and O–H groups in total. The Hall–Kier alpha value is -0.940. The molecule has 0 aromatic rings. The van der Waals surface area contributed by atoms with Gasteiger partial charge in [0, 0.05) is 5.92 Å². The molecule has 0 aromatic heterocycles. The van der Waals surface area contributed by atoms with E-state index in [2.05, 4.69) is 32.6 Å². The highest BCUT2D eigenvalue weighted by Gasteiger charge is 2.50. The van der Waals surface area contributed by atoms with Gasteiger partial charge in [0.2, 0.25) is 0 Å². The molecule has 0 spiro atoms. The second-order valence-electron chi connectivity index (χ2n) is 11.8.